The number of ketones is 1. The van der Waals surface area contributed by atoms with Gasteiger partial charge in [-0.3, -0.25) is 4.79 Å². The van der Waals surface area contributed by atoms with E-state index in [9.17, 15) is 4.79 Å². The lowest BCUT2D eigenvalue weighted by Gasteiger charge is -2.16. The lowest BCUT2D eigenvalue weighted by molar-refractivity contribution is -0.123. The van der Waals surface area contributed by atoms with Gasteiger partial charge in [-0.1, -0.05) is 46.3 Å². The van der Waals surface area contributed by atoms with Crippen molar-refractivity contribution in [3.8, 4) is 0 Å². The van der Waals surface area contributed by atoms with Gasteiger partial charge in [-0.15, -0.1) is 0 Å². The smallest absolute Gasteiger partial charge is 0.139 e. The molecule has 1 aromatic rings. The minimum absolute atomic E-state index is 0.132. The van der Waals surface area contributed by atoms with Gasteiger partial charge < -0.3 is 4.74 Å². The monoisotopic (exact) mass is 294 g/mol. The minimum Gasteiger partial charge on any atom is -0.372 e. The Morgan fingerprint density at radius 3 is 2.71 bits per heavy atom. The van der Waals surface area contributed by atoms with Gasteiger partial charge in [0.15, 0.2) is 0 Å². The number of halogens is 1. The van der Waals surface area contributed by atoms with Gasteiger partial charge in [0.2, 0.25) is 0 Å². The zero-order valence-corrected chi connectivity index (χ0v) is 11.1. The van der Waals surface area contributed by atoms with Crippen LogP contribution in [-0.4, -0.2) is 16.7 Å². The molecule has 0 heterocycles. The summed E-state index contributed by atoms with van der Waals surface area (Å²) >= 11 is 3.66. The first kappa shape index (κ1) is 11.4. The molecule has 3 heteroatoms. The predicted molar refractivity (Wildman–Crippen MR) is 69.0 cm³/mol. The average Bonchev–Trinajstić information content (AvgIpc) is 2.81. The molecular weight excluding hydrogens is 280 g/mol. The Bertz CT molecular complexity index is 417. The second kappa shape index (κ2) is 4.54. The summed E-state index contributed by atoms with van der Waals surface area (Å²) in [5.74, 6) is 0.910. The summed E-state index contributed by atoms with van der Waals surface area (Å²) in [6, 6.07) is 10.1. The first-order valence-electron chi connectivity index (χ1n) is 6.08. The van der Waals surface area contributed by atoms with E-state index < -0.39 is 0 Å². The predicted octanol–water partition coefficient (Wildman–Crippen LogP) is 2.94. The Balaban J connectivity index is 1.65. The highest BCUT2D eigenvalue weighted by Crippen LogP contribution is 2.47. The number of fused-ring (bicyclic) bond motifs is 2. The van der Waals surface area contributed by atoms with E-state index in [2.05, 4.69) is 28.1 Å². The highest BCUT2D eigenvalue weighted by molar-refractivity contribution is 9.09. The number of Topliss-reactive ketones (excluding diaryl/α,β-unsaturated/α-hetero) is 1. The molecule has 2 saturated carbocycles. The zero-order chi connectivity index (χ0) is 11.8. The molecule has 0 N–H and O–H groups in total. The van der Waals surface area contributed by atoms with Gasteiger partial charge in [-0.2, -0.15) is 0 Å². The van der Waals surface area contributed by atoms with E-state index >= 15 is 0 Å². The number of carbonyl (C=O) groups excluding carboxylic acids is 1. The molecule has 2 fully saturated rings. The number of carbonyl (C=O) groups is 1. The van der Waals surface area contributed by atoms with Crippen LogP contribution in [0, 0.1) is 11.8 Å². The van der Waals surface area contributed by atoms with Crippen LogP contribution in [-0.2, 0) is 16.1 Å². The van der Waals surface area contributed by atoms with Crippen LogP contribution in [0.2, 0.25) is 0 Å². The Labute approximate surface area is 109 Å². The number of alkyl halides is 1. The maximum absolute atomic E-state index is 11.7. The third-order valence-electron chi connectivity index (χ3n) is 3.90. The van der Waals surface area contributed by atoms with Crippen LogP contribution in [0.15, 0.2) is 30.3 Å². The Morgan fingerprint density at radius 2 is 2.06 bits per heavy atom. The number of hydrogen-bond donors (Lipinski definition) is 0. The quantitative estimate of drug-likeness (QED) is 0.801. The summed E-state index contributed by atoms with van der Waals surface area (Å²) < 4.78 is 5.97. The molecule has 2 bridgehead atoms. The third kappa shape index (κ3) is 2.06. The number of hydrogen-bond acceptors (Lipinski definition) is 2. The molecule has 1 aromatic carbocycles. The van der Waals surface area contributed by atoms with Crippen LogP contribution >= 0.6 is 15.9 Å². The van der Waals surface area contributed by atoms with Gasteiger partial charge in [-0.05, 0) is 12.0 Å². The van der Waals surface area contributed by atoms with E-state index in [1.165, 1.54) is 5.56 Å². The van der Waals surface area contributed by atoms with Crippen molar-refractivity contribution in [3.05, 3.63) is 35.9 Å². The van der Waals surface area contributed by atoms with Crippen molar-refractivity contribution >= 4 is 21.7 Å². The standard InChI is InChI=1S/C14H15BrO2/c15-12-6-11-13(16)7-10(12)14(11)17-8-9-4-2-1-3-5-9/h1-5,10-12,14H,6-8H2/t10-,11-,12+,14+/m0/s1. The van der Waals surface area contributed by atoms with Gasteiger partial charge in [0.25, 0.3) is 0 Å². The van der Waals surface area contributed by atoms with Crippen LogP contribution in [0.25, 0.3) is 0 Å². The molecule has 0 unspecified atom stereocenters. The van der Waals surface area contributed by atoms with Gasteiger partial charge >= 0.3 is 0 Å². The van der Waals surface area contributed by atoms with E-state index in [-0.39, 0.29) is 12.0 Å². The molecule has 17 heavy (non-hydrogen) atoms. The van der Waals surface area contributed by atoms with E-state index in [0.717, 1.165) is 6.42 Å². The first-order valence-corrected chi connectivity index (χ1v) is 6.99. The fraction of sp³-hybridized carbons (Fsp3) is 0.500. The molecule has 2 aliphatic rings. The van der Waals surface area contributed by atoms with Gasteiger partial charge in [0.1, 0.15) is 5.78 Å². The van der Waals surface area contributed by atoms with Crippen molar-refractivity contribution in [1.29, 1.82) is 0 Å². The molecule has 0 aliphatic heterocycles. The van der Waals surface area contributed by atoms with Crippen molar-refractivity contribution < 1.29 is 9.53 Å². The van der Waals surface area contributed by atoms with Crippen molar-refractivity contribution in [1.82, 2.24) is 0 Å². The van der Waals surface area contributed by atoms with E-state index in [1.54, 1.807) is 0 Å². The highest BCUT2D eigenvalue weighted by Gasteiger charge is 2.52. The van der Waals surface area contributed by atoms with Crippen LogP contribution < -0.4 is 0 Å². The lowest BCUT2D eigenvalue weighted by Crippen LogP contribution is -2.20. The fourth-order valence-corrected chi connectivity index (χ4v) is 3.89. The summed E-state index contributed by atoms with van der Waals surface area (Å²) in [7, 11) is 0. The lowest BCUT2D eigenvalue weighted by atomic mass is 10.00. The van der Waals surface area contributed by atoms with Crippen molar-refractivity contribution in [2.75, 3.05) is 0 Å². The minimum atomic E-state index is 0.132. The van der Waals surface area contributed by atoms with Gasteiger partial charge in [0.05, 0.1) is 12.7 Å². The Morgan fingerprint density at radius 1 is 1.29 bits per heavy atom. The second-order valence-corrected chi connectivity index (χ2v) is 6.13. The molecule has 4 atom stereocenters. The summed E-state index contributed by atoms with van der Waals surface area (Å²) in [5.41, 5.74) is 1.18. The van der Waals surface area contributed by atoms with Crippen molar-refractivity contribution in [2.24, 2.45) is 11.8 Å². The third-order valence-corrected chi connectivity index (χ3v) is 4.95. The number of rotatable bonds is 3. The van der Waals surface area contributed by atoms with Gasteiger partial charge in [0, 0.05) is 23.1 Å². The normalized spacial score (nSPS) is 35.5. The molecule has 0 amide bonds. The largest absolute Gasteiger partial charge is 0.372 e. The SMILES string of the molecule is O=C1C[C@@H]2[C@@H](OCc3ccccc3)[C@H]1C[C@H]2Br. The molecule has 0 aromatic heterocycles. The molecule has 3 rings (SSSR count). The van der Waals surface area contributed by atoms with Crippen LogP contribution in [0.3, 0.4) is 0 Å². The van der Waals surface area contributed by atoms with Crippen LogP contribution in [0.4, 0.5) is 0 Å². The van der Waals surface area contributed by atoms with E-state index in [1.807, 2.05) is 18.2 Å². The zero-order valence-electron chi connectivity index (χ0n) is 9.51. The maximum atomic E-state index is 11.7. The molecule has 90 valence electrons. The molecular formula is C14H15BrO2. The fourth-order valence-electron chi connectivity index (χ4n) is 3.00. The molecule has 0 saturated heterocycles. The molecule has 2 nitrogen and oxygen atoms in total. The topological polar surface area (TPSA) is 26.3 Å². The summed E-state index contributed by atoms with van der Waals surface area (Å²) in [4.78, 5) is 12.2. The average molecular weight is 295 g/mol. The summed E-state index contributed by atoms with van der Waals surface area (Å²) in [6.45, 7) is 0.617. The van der Waals surface area contributed by atoms with Gasteiger partial charge in [-0.25, -0.2) is 0 Å². The van der Waals surface area contributed by atoms with Crippen LogP contribution in [0.5, 0.6) is 0 Å². The van der Waals surface area contributed by atoms with Crippen molar-refractivity contribution in [2.45, 2.75) is 30.4 Å². The summed E-state index contributed by atoms with van der Waals surface area (Å²) in [6.07, 6.45) is 1.77. The maximum Gasteiger partial charge on any atom is 0.139 e. The Hall–Kier alpha value is -0.670. The molecule has 2 aliphatic carbocycles. The van der Waals surface area contributed by atoms with Crippen LogP contribution in [0.1, 0.15) is 18.4 Å². The number of ether oxygens (including phenoxy) is 1. The molecule has 0 radical (unpaired) electrons. The number of benzene rings is 1. The van der Waals surface area contributed by atoms with E-state index in [0.29, 0.717) is 29.6 Å². The second-order valence-electron chi connectivity index (χ2n) is 4.95. The van der Waals surface area contributed by atoms with Crippen molar-refractivity contribution in [3.63, 3.8) is 0 Å². The Kier molecular flexibility index (Phi) is 3.05. The first-order chi connectivity index (χ1) is 8.25. The highest BCUT2D eigenvalue weighted by atomic mass is 79.9. The molecule has 0 spiro atoms. The summed E-state index contributed by atoms with van der Waals surface area (Å²) in [5, 5.41) is 0. The van der Waals surface area contributed by atoms with E-state index in [4.69, 9.17) is 4.74 Å².